The molecule has 5 aromatic rings. The number of hydrazone groups is 1. The second kappa shape index (κ2) is 12.7. The first kappa shape index (κ1) is 29.8. The summed E-state index contributed by atoms with van der Waals surface area (Å²) < 4.78 is 12.2. The number of rotatable bonds is 7. The number of para-hydroxylation sites is 1. The maximum absolute atomic E-state index is 13.5. The molecular formula is C31H21Br2Cl2N3O4. The number of benzene rings is 4. The Morgan fingerprint density at radius 3 is 2.55 bits per heavy atom. The lowest BCUT2D eigenvalue weighted by atomic mass is 10.0. The number of H-pyrrole nitrogens is 1. The van der Waals surface area contributed by atoms with Crippen molar-refractivity contribution in [3.63, 3.8) is 0 Å². The van der Waals surface area contributed by atoms with Crippen molar-refractivity contribution >= 4 is 84.1 Å². The monoisotopic (exact) mass is 727 g/mol. The number of amides is 1. The van der Waals surface area contributed by atoms with Crippen molar-refractivity contribution in [3.8, 4) is 22.6 Å². The summed E-state index contributed by atoms with van der Waals surface area (Å²) in [5, 5.41) is 5.91. The Morgan fingerprint density at radius 1 is 1.00 bits per heavy atom. The summed E-state index contributed by atoms with van der Waals surface area (Å²) in [7, 11) is 1.45. The second-order valence-electron chi connectivity index (χ2n) is 9.09. The fourth-order valence-electron chi connectivity index (χ4n) is 4.47. The average Bonchev–Trinajstić information content (AvgIpc) is 3.35. The van der Waals surface area contributed by atoms with Crippen LogP contribution >= 0.6 is 55.1 Å². The zero-order valence-electron chi connectivity index (χ0n) is 22.1. The molecular weight excluding hydrogens is 709 g/mol. The number of halogens is 4. The van der Waals surface area contributed by atoms with E-state index in [2.05, 4.69) is 47.4 Å². The number of methoxy groups -OCH3 is 1. The number of nitrogens with zero attached hydrogens (tertiary/aromatic N) is 1. The van der Waals surface area contributed by atoms with Crippen LogP contribution in [0.25, 0.3) is 22.0 Å². The van der Waals surface area contributed by atoms with Gasteiger partial charge in [0.05, 0.1) is 17.8 Å². The standard InChI is InChI=1S/C31H21Br2Cl2N3O4/c1-16-6-5-8-21-26(20-7-3-4-9-24(20)35)28(37-27(16)21)30(39)38-36-15-17-12-18(32)13-23(33)29(17)42-31(40)22-14-19(34)10-11-25(22)41-2/h3-15,37H,1-2H3,(H,38,39). The van der Waals surface area contributed by atoms with Gasteiger partial charge in [0.2, 0.25) is 0 Å². The van der Waals surface area contributed by atoms with E-state index in [1.165, 1.54) is 19.4 Å². The third-order valence-electron chi connectivity index (χ3n) is 6.40. The lowest BCUT2D eigenvalue weighted by molar-refractivity contribution is 0.0729. The predicted molar refractivity (Wildman–Crippen MR) is 173 cm³/mol. The number of fused-ring (bicyclic) bond motifs is 1. The highest BCUT2D eigenvalue weighted by molar-refractivity contribution is 9.11. The van der Waals surface area contributed by atoms with Gasteiger partial charge < -0.3 is 14.5 Å². The van der Waals surface area contributed by atoms with Gasteiger partial charge in [-0.15, -0.1) is 0 Å². The van der Waals surface area contributed by atoms with E-state index in [0.717, 1.165) is 16.5 Å². The molecule has 7 nitrogen and oxygen atoms in total. The molecule has 0 atom stereocenters. The lowest BCUT2D eigenvalue weighted by Gasteiger charge is -2.12. The van der Waals surface area contributed by atoms with Gasteiger partial charge in [0.15, 0.2) is 5.75 Å². The molecule has 0 spiro atoms. The first-order valence-electron chi connectivity index (χ1n) is 12.4. The zero-order valence-corrected chi connectivity index (χ0v) is 26.8. The number of hydrogen-bond acceptors (Lipinski definition) is 5. The molecule has 0 saturated carbocycles. The van der Waals surface area contributed by atoms with Crippen molar-refractivity contribution in [2.75, 3.05) is 7.11 Å². The number of ether oxygens (including phenoxy) is 2. The average molecular weight is 730 g/mol. The molecule has 0 aliphatic rings. The Hall–Kier alpha value is -3.63. The first-order chi connectivity index (χ1) is 20.2. The Kier molecular flexibility index (Phi) is 9.03. The number of carbonyl (C=O) groups is 2. The molecule has 0 fully saturated rings. The van der Waals surface area contributed by atoms with Crippen molar-refractivity contribution in [2.24, 2.45) is 5.10 Å². The third kappa shape index (κ3) is 6.10. The molecule has 0 aliphatic heterocycles. The van der Waals surface area contributed by atoms with Crippen molar-refractivity contribution in [2.45, 2.75) is 6.92 Å². The predicted octanol–water partition coefficient (Wildman–Crippen LogP) is 8.97. The second-order valence-corrected chi connectivity index (χ2v) is 11.7. The fraction of sp³-hybridized carbons (Fsp3) is 0.0645. The Bertz CT molecular complexity index is 1890. The molecule has 1 amide bonds. The Labute approximate surface area is 268 Å². The maximum atomic E-state index is 13.5. The van der Waals surface area contributed by atoms with E-state index in [0.29, 0.717) is 47.1 Å². The van der Waals surface area contributed by atoms with E-state index in [4.69, 9.17) is 32.7 Å². The number of nitrogens with one attached hydrogen (secondary N) is 2. The minimum Gasteiger partial charge on any atom is -0.496 e. The van der Waals surface area contributed by atoms with Crippen LogP contribution in [-0.4, -0.2) is 30.2 Å². The van der Waals surface area contributed by atoms with E-state index in [9.17, 15) is 9.59 Å². The van der Waals surface area contributed by atoms with Crippen LogP contribution in [0.15, 0.2) is 86.8 Å². The van der Waals surface area contributed by atoms with Gasteiger partial charge in [0.1, 0.15) is 17.0 Å². The maximum Gasteiger partial charge on any atom is 0.347 e. The topological polar surface area (TPSA) is 92.8 Å². The van der Waals surface area contributed by atoms with Crippen LogP contribution in [0.4, 0.5) is 0 Å². The van der Waals surface area contributed by atoms with E-state index >= 15 is 0 Å². The minimum atomic E-state index is -0.686. The van der Waals surface area contributed by atoms with Crippen LogP contribution in [0, 0.1) is 6.92 Å². The van der Waals surface area contributed by atoms with Gasteiger partial charge in [-0.1, -0.05) is 75.5 Å². The number of esters is 1. The number of aryl methyl sites for hydroxylation is 1. The summed E-state index contributed by atoms with van der Waals surface area (Å²) in [6.07, 6.45) is 1.38. The minimum absolute atomic E-state index is 0.150. The summed E-state index contributed by atoms with van der Waals surface area (Å²) in [5.74, 6) is -0.675. The van der Waals surface area contributed by atoms with E-state index < -0.39 is 11.9 Å². The summed E-state index contributed by atoms with van der Waals surface area (Å²) >= 11 is 19.5. The molecule has 0 radical (unpaired) electrons. The van der Waals surface area contributed by atoms with Crippen molar-refractivity contribution in [3.05, 3.63) is 114 Å². The fourth-order valence-corrected chi connectivity index (χ4v) is 6.21. The first-order valence-corrected chi connectivity index (χ1v) is 14.8. The third-order valence-corrected chi connectivity index (χ3v) is 8.01. The number of aromatic amines is 1. The Balaban J connectivity index is 1.47. The molecule has 0 saturated heterocycles. The van der Waals surface area contributed by atoms with Gasteiger partial charge in [-0.2, -0.15) is 5.10 Å². The molecule has 0 unspecified atom stereocenters. The van der Waals surface area contributed by atoms with Crippen molar-refractivity contribution < 1.29 is 19.1 Å². The molecule has 212 valence electrons. The highest BCUT2D eigenvalue weighted by Crippen LogP contribution is 2.38. The number of hydrogen-bond donors (Lipinski definition) is 2. The van der Waals surface area contributed by atoms with Crippen molar-refractivity contribution in [1.82, 2.24) is 10.4 Å². The van der Waals surface area contributed by atoms with Crippen LogP contribution in [0.3, 0.4) is 0 Å². The van der Waals surface area contributed by atoms with E-state index in [1.54, 1.807) is 30.3 Å². The molecule has 1 heterocycles. The molecule has 1 aromatic heterocycles. The summed E-state index contributed by atoms with van der Waals surface area (Å²) in [4.78, 5) is 29.8. The van der Waals surface area contributed by atoms with Gasteiger partial charge in [-0.05, 0) is 64.8 Å². The smallest absolute Gasteiger partial charge is 0.347 e. The lowest BCUT2D eigenvalue weighted by Crippen LogP contribution is -2.19. The highest BCUT2D eigenvalue weighted by atomic mass is 79.9. The molecule has 2 N–H and O–H groups in total. The number of carbonyl (C=O) groups excluding carboxylic acids is 2. The summed E-state index contributed by atoms with van der Waals surface area (Å²) in [6, 6.07) is 21.2. The summed E-state index contributed by atoms with van der Waals surface area (Å²) in [5.41, 5.74) is 6.63. The molecule has 0 aliphatic carbocycles. The van der Waals surface area contributed by atoms with Gasteiger partial charge in [0.25, 0.3) is 5.91 Å². The van der Waals surface area contributed by atoms with Crippen LogP contribution in [-0.2, 0) is 0 Å². The van der Waals surface area contributed by atoms with Gasteiger partial charge in [-0.25, -0.2) is 10.2 Å². The molecule has 11 heteroatoms. The van der Waals surface area contributed by atoms with Gasteiger partial charge in [-0.3, -0.25) is 4.79 Å². The summed E-state index contributed by atoms with van der Waals surface area (Å²) in [6.45, 7) is 1.96. The quantitative estimate of drug-likeness (QED) is 0.0757. The van der Waals surface area contributed by atoms with Gasteiger partial charge >= 0.3 is 5.97 Å². The van der Waals surface area contributed by atoms with Crippen LogP contribution in [0.1, 0.15) is 32.0 Å². The van der Waals surface area contributed by atoms with E-state index in [-0.39, 0.29) is 11.3 Å². The van der Waals surface area contributed by atoms with E-state index in [1.807, 2.05) is 43.3 Å². The SMILES string of the molecule is COc1ccc(Cl)cc1C(=O)Oc1c(Br)cc(Br)cc1C=NNC(=O)c1[nH]c2c(C)cccc2c1-c1ccccc1Cl. The molecule has 42 heavy (non-hydrogen) atoms. The van der Waals surface area contributed by atoms with Crippen LogP contribution in [0.2, 0.25) is 10.0 Å². The van der Waals surface area contributed by atoms with Crippen LogP contribution < -0.4 is 14.9 Å². The Morgan fingerprint density at radius 2 is 1.79 bits per heavy atom. The normalized spacial score (nSPS) is 11.2. The largest absolute Gasteiger partial charge is 0.496 e. The van der Waals surface area contributed by atoms with Crippen molar-refractivity contribution in [1.29, 1.82) is 0 Å². The molecule has 0 bridgehead atoms. The molecule has 5 rings (SSSR count). The van der Waals surface area contributed by atoms with Crippen LogP contribution in [0.5, 0.6) is 11.5 Å². The van der Waals surface area contributed by atoms with Gasteiger partial charge in [0, 0.05) is 42.1 Å². The number of aromatic nitrogens is 1. The molecule has 4 aromatic carbocycles. The highest BCUT2D eigenvalue weighted by Gasteiger charge is 2.22. The zero-order chi connectivity index (χ0) is 30.0.